The molecule has 2 heterocycles. The second-order valence-electron chi connectivity index (χ2n) is 4.12. The number of imidazole rings is 1. The SMILES string of the molecule is CCCCNC(=O)/C(C#N)=C/c1c(Cl)nc2sccn12. The Balaban J connectivity index is 2.27. The Bertz CT molecular complexity index is 695. The molecule has 0 unspecified atom stereocenters. The molecule has 0 aliphatic rings. The molecular formula is C13H13ClN4OS. The maximum absolute atomic E-state index is 11.9. The van der Waals surface area contributed by atoms with Crippen molar-refractivity contribution in [2.24, 2.45) is 0 Å². The number of rotatable bonds is 5. The Morgan fingerprint density at radius 1 is 1.70 bits per heavy atom. The van der Waals surface area contributed by atoms with E-state index in [1.165, 1.54) is 17.4 Å². The van der Waals surface area contributed by atoms with E-state index in [9.17, 15) is 4.79 Å². The lowest BCUT2D eigenvalue weighted by Gasteiger charge is -2.02. The minimum absolute atomic E-state index is 0.0241. The molecular weight excluding hydrogens is 296 g/mol. The summed E-state index contributed by atoms with van der Waals surface area (Å²) in [6.45, 7) is 2.59. The number of fused-ring (bicyclic) bond motifs is 1. The largest absolute Gasteiger partial charge is 0.351 e. The summed E-state index contributed by atoms with van der Waals surface area (Å²) < 4.78 is 1.75. The molecule has 0 bridgehead atoms. The molecule has 0 aromatic carbocycles. The highest BCUT2D eigenvalue weighted by Gasteiger charge is 2.14. The van der Waals surface area contributed by atoms with E-state index in [1.54, 1.807) is 10.6 Å². The minimum atomic E-state index is -0.387. The number of halogens is 1. The second kappa shape index (κ2) is 6.55. The Morgan fingerprint density at radius 2 is 2.50 bits per heavy atom. The Labute approximate surface area is 125 Å². The lowest BCUT2D eigenvalue weighted by molar-refractivity contribution is -0.117. The van der Waals surface area contributed by atoms with Crippen LogP contribution < -0.4 is 5.32 Å². The average molecular weight is 309 g/mol. The lowest BCUT2D eigenvalue weighted by atomic mass is 10.2. The van der Waals surface area contributed by atoms with Crippen LogP contribution in [0.15, 0.2) is 17.2 Å². The molecule has 0 saturated carbocycles. The van der Waals surface area contributed by atoms with Crippen molar-refractivity contribution >= 4 is 39.9 Å². The van der Waals surface area contributed by atoms with Crippen LogP contribution in [-0.4, -0.2) is 21.8 Å². The maximum atomic E-state index is 11.9. The fraction of sp³-hybridized carbons (Fsp3) is 0.308. The molecule has 104 valence electrons. The van der Waals surface area contributed by atoms with Gasteiger partial charge in [0.15, 0.2) is 10.1 Å². The fourth-order valence-electron chi connectivity index (χ4n) is 1.67. The number of nitriles is 1. The minimum Gasteiger partial charge on any atom is -0.351 e. The Morgan fingerprint density at radius 3 is 3.20 bits per heavy atom. The zero-order valence-corrected chi connectivity index (χ0v) is 12.5. The van der Waals surface area contributed by atoms with Crippen molar-refractivity contribution in [3.8, 4) is 6.07 Å². The van der Waals surface area contributed by atoms with E-state index in [0.717, 1.165) is 17.8 Å². The summed E-state index contributed by atoms with van der Waals surface area (Å²) in [4.78, 5) is 16.8. The number of nitrogens with zero attached hydrogens (tertiary/aromatic N) is 3. The van der Waals surface area contributed by atoms with Gasteiger partial charge in [-0.1, -0.05) is 24.9 Å². The van der Waals surface area contributed by atoms with Crippen LogP contribution in [0.5, 0.6) is 0 Å². The van der Waals surface area contributed by atoms with Gasteiger partial charge in [-0.2, -0.15) is 5.26 Å². The first-order valence-corrected chi connectivity index (χ1v) is 7.44. The predicted octanol–water partition coefficient (Wildman–Crippen LogP) is 2.87. The first-order chi connectivity index (χ1) is 9.67. The molecule has 5 nitrogen and oxygen atoms in total. The molecule has 0 aliphatic heterocycles. The summed E-state index contributed by atoms with van der Waals surface area (Å²) in [5.74, 6) is -0.387. The quantitative estimate of drug-likeness (QED) is 0.524. The van der Waals surface area contributed by atoms with Crippen molar-refractivity contribution in [2.45, 2.75) is 19.8 Å². The van der Waals surface area contributed by atoms with Gasteiger partial charge in [0.25, 0.3) is 5.91 Å². The summed E-state index contributed by atoms with van der Waals surface area (Å²) >= 11 is 7.47. The van der Waals surface area contributed by atoms with Crippen LogP contribution in [0, 0.1) is 11.3 Å². The third kappa shape index (κ3) is 3.00. The molecule has 20 heavy (non-hydrogen) atoms. The molecule has 1 N–H and O–H groups in total. The monoisotopic (exact) mass is 308 g/mol. The number of thiazole rings is 1. The summed E-state index contributed by atoms with van der Waals surface area (Å²) in [5.41, 5.74) is 0.570. The number of carbonyl (C=O) groups is 1. The molecule has 0 saturated heterocycles. The molecule has 2 rings (SSSR count). The molecule has 0 aliphatic carbocycles. The van der Waals surface area contributed by atoms with Crippen molar-refractivity contribution in [1.82, 2.24) is 14.7 Å². The van der Waals surface area contributed by atoms with E-state index in [-0.39, 0.29) is 16.6 Å². The van der Waals surface area contributed by atoms with Crippen LogP contribution in [0.4, 0.5) is 0 Å². The number of carbonyl (C=O) groups excluding carboxylic acids is 1. The third-order valence-electron chi connectivity index (χ3n) is 2.72. The van der Waals surface area contributed by atoms with E-state index in [4.69, 9.17) is 16.9 Å². The highest BCUT2D eigenvalue weighted by Crippen LogP contribution is 2.23. The van der Waals surface area contributed by atoms with Crippen LogP contribution in [-0.2, 0) is 4.79 Å². The number of amides is 1. The molecule has 0 atom stereocenters. The van der Waals surface area contributed by atoms with Crippen LogP contribution in [0.2, 0.25) is 5.15 Å². The molecule has 0 fully saturated rings. The predicted molar refractivity (Wildman–Crippen MR) is 79.6 cm³/mol. The number of aromatic nitrogens is 2. The van der Waals surface area contributed by atoms with Crippen molar-refractivity contribution in [1.29, 1.82) is 5.26 Å². The number of hydrogen-bond acceptors (Lipinski definition) is 4. The molecule has 2 aromatic rings. The molecule has 2 aromatic heterocycles. The van der Waals surface area contributed by atoms with E-state index in [2.05, 4.69) is 10.3 Å². The van der Waals surface area contributed by atoms with Gasteiger partial charge in [0, 0.05) is 18.1 Å². The first kappa shape index (κ1) is 14.6. The Kier molecular flexibility index (Phi) is 4.77. The number of nitrogens with one attached hydrogen (secondary N) is 1. The molecule has 0 radical (unpaired) electrons. The summed E-state index contributed by atoms with van der Waals surface area (Å²) in [6, 6.07) is 1.90. The van der Waals surface area contributed by atoms with E-state index in [1.807, 2.05) is 18.4 Å². The van der Waals surface area contributed by atoms with Gasteiger partial charge in [-0.25, -0.2) is 4.98 Å². The second-order valence-corrected chi connectivity index (χ2v) is 5.35. The topological polar surface area (TPSA) is 70.2 Å². The smallest absolute Gasteiger partial charge is 0.262 e. The Hall–Kier alpha value is -1.84. The van der Waals surface area contributed by atoms with Gasteiger partial charge < -0.3 is 5.32 Å². The summed E-state index contributed by atoms with van der Waals surface area (Å²) in [5, 5.41) is 14.0. The zero-order chi connectivity index (χ0) is 14.5. The van der Waals surface area contributed by atoms with E-state index >= 15 is 0 Å². The van der Waals surface area contributed by atoms with E-state index < -0.39 is 0 Å². The third-order valence-corrected chi connectivity index (χ3v) is 3.75. The van der Waals surface area contributed by atoms with Crippen LogP contribution >= 0.6 is 22.9 Å². The maximum Gasteiger partial charge on any atom is 0.262 e. The van der Waals surface area contributed by atoms with Crippen LogP contribution in [0.1, 0.15) is 25.5 Å². The van der Waals surface area contributed by atoms with Gasteiger partial charge in [0.05, 0.1) is 5.69 Å². The zero-order valence-electron chi connectivity index (χ0n) is 10.9. The van der Waals surface area contributed by atoms with Gasteiger partial charge in [-0.15, -0.1) is 11.3 Å². The van der Waals surface area contributed by atoms with Crippen LogP contribution in [0.3, 0.4) is 0 Å². The first-order valence-electron chi connectivity index (χ1n) is 6.18. The standard InChI is InChI=1S/C13H13ClN4OS/c1-2-3-4-16-12(19)9(8-15)7-10-11(14)17-13-18(10)5-6-20-13/h5-7H,2-4H2,1H3,(H,16,19)/b9-7+. The van der Waals surface area contributed by atoms with Gasteiger partial charge in [-0.05, 0) is 12.5 Å². The highest BCUT2D eigenvalue weighted by molar-refractivity contribution is 7.15. The normalized spacial score (nSPS) is 11.6. The van der Waals surface area contributed by atoms with E-state index in [0.29, 0.717) is 12.2 Å². The van der Waals surface area contributed by atoms with Crippen LogP contribution in [0.25, 0.3) is 11.0 Å². The summed E-state index contributed by atoms with van der Waals surface area (Å²) in [7, 11) is 0. The molecule has 0 spiro atoms. The van der Waals surface area contributed by atoms with Gasteiger partial charge in [-0.3, -0.25) is 9.20 Å². The molecule has 7 heteroatoms. The highest BCUT2D eigenvalue weighted by atomic mass is 35.5. The van der Waals surface area contributed by atoms with Crippen molar-refractivity contribution in [2.75, 3.05) is 6.54 Å². The van der Waals surface area contributed by atoms with Gasteiger partial charge in [0.2, 0.25) is 0 Å². The van der Waals surface area contributed by atoms with Crippen molar-refractivity contribution < 1.29 is 4.79 Å². The summed E-state index contributed by atoms with van der Waals surface area (Å²) in [6.07, 6.45) is 5.13. The fourth-order valence-corrected chi connectivity index (χ4v) is 2.66. The van der Waals surface area contributed by atoms with Gasteiger partial charge in [0.1, 0.15) is 11.6 Å². The number of hydrogen-bond donors (Lipinski definition) is 1. The molecule has 1 amide bonds. The van der Waals surface area contributed by atoms with Crippen molar-refractivity contribution in [3.63, 3.8) is 0 Å². The van der Waals surface area contributed by atoms with Gasteiger partial charge >= 0.3 is 0 Å². The lowest BCUT2D eigenvalue weighted by Crippen LogP contribution is -2.25. The van der Waals surface area contributed by atoms with Crippen molar-refractivity contribution in [3.05, 3.63) is 28.0 Å². The average Bonchev–Trinajstić information content (AvgIpc) is 2.98. The number of unbranched alkanes of at least 4 members (excludes halogenated alkanes) is 1.